The smallest absolute Gasteiger partial charge is 0.417 e. The second kappa shape index (κ2) is 13.7. The third-order valence-electron chi connectivity index (χ3n) is 8.24. The number of halogens is 4. The third-order valence-corrected chi connectivity index (χ3v) is 8.24. The number of hydrogen-bond donors (Lipinski definition) is 3. The molecule has 11 heteroatoms. The van der Waals surface area contributed by atoms with Gasteiger partial charge in [0.2, 0.25) is 5.91 Å². The fourth-order valence-corrected chi connectivity index (χ4v) is 6.11. The van der Waals surface area contributed by atoms with Crippen molar-refractivity contribution in [2.24, 2.45) is 5.92 Å². The molecule has 1 aliphatic carbocycles. The van der Waals surface area contributed by atoms with E-state index in [9.17, 15) is 37.1 Å². The molecular formula is C33H37F4N3O4. The van der Waals surface area contributed by atoms with Crippen molar-refractivity contribution in [2.45, 2.75) is 77.6 Å². The monoisotopic (exact) mass is 615 g/mol. The molecule has 0 spiro atoms. The van der Waals surface area contributed by atoms with E-state index in [0.717, 1.165) is 43.5 Å². The number of carboxylic acid groups (broad SMARTS) is 1. The van der Waals surface area contributed by atoms with Crippen LogP contribution in [-0.2, 0) is 15.8 Å². The van der Waals surface area contributed by atoms with Crippen LogP contribution in [0.5, 0.6) is 0 Å². The fraction of sp³-hybridized carbons (Fsp3) is 0.424. The lowest BCUT2D eigenvalue weighted by Crippen LogP contribution is -2.47. The van der Waals surface area contributed by atoms with Crippen molar-refractivity contribution < 1.29 is 37.1 Å². The van der Waals surface area contributed by atoms with E-state index < -0.39 is 52.9 Å². The molecule has 0 aromatic heterocycles. The van der Waals surface area contributed by atoms with Crippen LogP contribution < -0.4 is 10.6 Å². The first-order valence-electron chi connectivity index (χ1n) is 14.7. The number of alkyl halides is 3. The number of rotatable bonds is 8. The second-order valence-corrected chi connectivity index (χ2v) is 11.5. The average molecular weight is 616 g/mol. The van der Waals surface area contributed by atoms with E-state index >= 15 is 0 Å². The van der Waals surface area contributed by atoms with Crippen LogP contribution in [-0.4, -0.2) is 40.4 Å². The highest BCUT2D eigenvalue weighted by atomic mass is 19.4. The van der Waals surface area contributed by atoms with Gasteiger partial charge in [-0.3, -0.25) is 9.59 Å². The number of nitrogens with zero attached hydrogens (tertiary/aromatic N) is 1. The molecule has 2 atom stereocenters. The molecule has 2 fully saturated rings. The summed E-state index contributed by atoms with van der Waals surface area (Å²) < 4.78 is 55.8. The molecule has 2 amide bonds. The quantitative estimate of drug-likeness (QED) is 0.159. The van der Waals surface area contributed by atoms with E-state index in [0.29, 0.717) is 36.1 Å². The van der Waals surface area contributed by atoms with Crippen LogP contribution >= 0.6 is 0 Å². The number of likely N-dealkylation sites (tertiary alicyclic amines) is 1. The number of allylic oxidation sites excluding steroid dienone is 2. The summed E-state index contributed by atoms with van der Waals surface area (Å²) in [7, 11) is 0. The normalized spacial score (nSPS) is 19.4. The zero-order valence-corrected chi connectivity index (χ0v) is 24.9. The fourth-order valence-electron chi connectivity index (χ4n) is 6.11. The molecule has 0 radical (unpaired) electrons. The number of amides is 2. The highest BCUT2D eigenvalue weighted by molar-refractivity contribution is 6.00. The summed E-state index contributed by atoms with van der Waals surface area (Å²) in [4.78, 5) is 40.4. The van der Waals surface area contributed by atoms with E-state index in [1.54, 1.807) is 13.8 Å². The summed E-state index contributed by atoms with van der Waals surface area (Å²) in [6.07, 6.45) is 1.41. The minimum atomic E-state index is -4.96. The summed E-state index contributed by atoms with van der Waals surface area (Å²) in [5.74, 6) is -4.54. The van der Waals surface area contributed by atoms with E-state index in [2.05, 4.69) is 10.6 Å². The summed E-state index contributed by atoms with van der Waals surface area (Å²) >= 11 is 0. The van der Waals surface area contributed by atoms with Crippen molar-refractivity contribution >= 4 is 29.2 Å². The number of carboxylic acids is 1. The first kappa shape index (κ1) is 32.8. The average Bonchev–Trinajstić information content (AvgIpc) is 3.49. The van der Waals surface area contributed by atoms with Gasteiger partial charge < -0.3 is 20.6 Å². The van der Waals surface area contributed by atoms with Gasteiger partial charge in [-0.15, -0.1) is 0 Å². The number of piperidine rings is 1. The number of hydrogen-bond acceptors (Lipinski definition) is 4. The third kappa shape index (κ3) is 7.31. The second-order valence-electron chi connectivity index (χ2n) is 11.5. The van der Waals surface area contributed by atoms with Gasteiger partial charge in [-0.05, 0) is 82.3 Å². The van der Waals surface area contributed by atoms with Crippen LogP contribution in [0.3, 0.4) is 0 Å². The molecule has 0 bridgehead atoms. The molecule has 7 nitrogen and oxygen atoms in total. The Morgan fingerprint density at radius 2 is 1.59 bits per heavy atom. The van der Waals surface area contributed by atoms with Crippen LogP contribution in [0, 0.1) is 5.92 Å². The molecule has 1 saturated heterocycles. The molecule has 236 valence electrons. The van der Waals surface area contributed by atoms with Crippen LogP contribution in [0.1, 0.15) is 86.8 Å². The highest BCUT2D eigenvalue weighted by Gasteiger charge is 2.41. The highest BCUT2D eigenvalue weighted by Crippen LogP contribution is 2.40. The lowest BCUT2D eigenvalue weighted by molar-refractivity contribution is -0.138. The molecule has 2 aliphatic rings. The number of aromatic carboxylic acids is 1. The van der Waals surface area contributed by atoms with Crippen molar-refractivity contribution in [3.05, 3.63) is 82.2 Å². The Bertz CT molecular complexity index is 1460. The van der Waals surface area contributed by atoms with E-state index in [4.69, 9.17) is 0 Å². The Kier molecular flexibility index (Phi) is 10.2. The number of carbonyl (C=O) groups is 3. The van der Waals surface area contributed by atoms with Crippen LogP contribution in [0.2, 0.25) is 0 Å². The van der Waals surface area contributed by atoms with E-state index in [1.165, 1.54) is 17.9 Å². The summed E-state index contributed by atoms with van der Waals surface area (Å²) in [6.45, 7) is 4.98. The van der Waals surface area contributed by atoms with Gasteiger partial charge in [0, 0.05) is 24.0 Å². The van der Waals surface area contributed by atoms with Crippen LogP contribution in [0.25, 0.3) is 0 Å². The maximum absolute atomic E-state index is 14.9. The summed E-state index contributed by atoms with van der Waals surface area (Å²) in [5, 5.41) is 15.2. The Hall–Kier alpha value is -4.15. The molecule has 1 heterocycles. The van der Waals surface area contributed by atoms with Crippen molar-refractivity contribution in [3.63, 3.8) is 0 Å². The van der Waals surface area contributed by atoms with Gasteiger partial charge in [0.15, 0.2) is 0 Å². The Morgan fingerprint density at radius 1 is 0.955 bits per heavy atom. The van der Waals surface area contributed by atoms with E-state index in [-0.39, 0.29) is 17.8 Å². The molecular weight excluding hydrogens is 578 g/mol. The molecule has 2 unspecified atom stereocenters. The molecule has 4 rings (SSSR count). The zero-order chi connectivity index (χ0) is 32.2. The van der Waals surface area contributed by atoms with Gasteiger partial charge in [0.25, 0.3) is 5.91 Å². The van der Waals surface area contributed by atoms with Gasteiger partial charge in [-0.2, -0.15) is 13.2 Å². The van der Waals surface area contributed by atoms with Gasteiger partial charge >= 0.3 is 12.1 Å². The minimum absolute atomic E-state index is 0.0999. The summed E-state index contributed by atoms with van der Waals surface area (Å²) in [6, 6.07) is 9.38. The lowest BCUT2D eigenvalue weighted by Gasteiger charge is -2.41. The van der Waals surface area contributed by atoms with Crippen molar-refractivity contribution in [1.29, 1.82) is 0 Å². The predicted octanol–water partition coefficient (Wildman–Crippen LogP) is 7.89. The van der Waals surface area contributed by atoms with Gasteiger partial charge in [0.05, 0.1) is 28.7 Å². The topological polar surface area (TPSA) is 98.7 Å². The molecule has 3 N–H and O–H groups in total. The van der Waals surface area contributed by atoms with Gasteiger partial charge in [-0.1, -0.05) is 36.6 Å². The lowest BCUT2D eigenvalue weighted by atomic mass is 9.83. The molecule has 1 aliphatic heterocycles. The minimum Gasteiger partial charge on any atom is -0.478 e. The van der Waals surface area contributed by atoms with Crippen molar-refractivity contribution in [2.75, 3.05) is 17.2 Å². The van der Waals surface area contributed by atoms with Crippen molar-refractivity contribution in [1.82, 2.24) is 4.90 Å². The predicted molar refractivity (Wildman–Crippen MR) is 160 cm³/mol. The van der Waals surface area contributed by atoms with Crippen molar-refractivity contribution in [3.8, 4) is 0 Å². The maximum Gasteiger partial charge on any atom is 0.417 e. The number of anilines is 2. The maximum atomic E-state index is 14.9. The van der Waals surface area contributed by atoms with Crippen LogP contribution in [0.15, 0.2) is 65.5 Å². The van der Waals surface area contributed by atoms with E-state index in [1.807, 2.05) is 24.3 Å². The SMILES string of the molecule is CC=C(F)C(C(=O)N1CCCC(C(=O)Nc2ccc(C(=O)O)c(C(F)(F)F)c2)C1c1ccc(NC2CCCC2)cc1)=C(C)C. The first-order valence-corrected chi connectivity index (χ1v) is 14.7. The Morgan fingerprint density at radius 3 is 2.16 bits per heavy atom. The summed E-state index contributed by atoms with van der Waals surface area (Å²) in [5.41, 5.74) is -0.674. The molecule has 2 aromatic rings. The number of benzene rings is 2. The largest absolute Gasteiger partial charge is 0.478 e. The molecule has 2 aromatic carbocycles. The van der Waals surface area contributed by atoms with Crippen LogP contribution in [0.4, 0.5) is 28.9 Å². The molecule has 44 heavy (non-hydrogen) atoms. The Labute approximate surface area is 254 Å². The first-order chi connectivity index (χ1) is 20.8. The number of nitrogens with one attached hydrogen (secondary N) is 2. The zero-order valence-electron chi connectivity index (χ0n) is 24.9. The van der Waals surface area contributed by atoms with Gasteiger partial charge in [-0.25, -0.2) is 9.18 Å². The Balaban J connectivity index is 1.71. The standard InChI is InChI=1S/C33H37F4N3O4/c1-4-27(34)28(19(2)3)31(42)40-17-7-10-25(29(40)20-11-13-22(14-12-20)38-21-8-5-6-9-21)30(41)39-23-15-16-24(32(43)44)26(18-23)33(35,36)37/h4,11-16,18,21,25,29,38H,5-10,17H2,1-3H3,(H,39,41)(H,43,44). The molecule has 1 saturated carbocycles. The van der Waals surface area contributed by atoms with Gasteiger partial charge in [0.1, 0.15) is 5.83 Å². The number of carbonyl (C=O) groups excluding carboxylic acids is 2.